The maximum absolute atomic E-state index is 12.9. The number of nitrogen functional groups attached to an aromatic ring is 1. The maximum atomic E-state index is 12.9. The second-order valence-electron chi connectivity index (χ2n) is 6.33. The van der Waals surface area contributed by atoms with Crippen molar-refractivity contribution in [2.24, 2.45) is 10.9 Å². The van der Waals surface area contributed by atoms with Gasteiger partial charge in [0.2, 0.25) is 25.9 Å². The Morgan fingerprint density at radius 2 is 1.90 bits per heavy atom. The molecule has 0 amide bonds. The Morgan fingerprint density at radius 1 is 1.17 bits per heavy atom. The zero-order valence-corrected chi connectivity index (χ0v) is 17.3. The van der Waals surface area contributed by atoms with Gasteiger partial charge in [0.15, 0.2) is 0 Å². The smallest absolute Gasteiger partial charge is 0.242 e. The molecule has 15 heteroatoms. The lowest BCUT2D eigenvalue weighted by Gasteiger charge is -2.18. The van der Waals surface area contributed by atoms with Crippen LogP contribution in [0.5, 0.6) is 0 Å². The molecule has 0 saturated carbocycles. The Kier molecular flexibility index (Phi) is 5.82. The lowest BCUT2D eigenvalue weighted by molar-refractivity contribution is 0.557. The highest BCUT2D eigenvalue weighted by Crippen LogP contribution is 2.38. The minimum atomic E-state index is -4.57. The molecule has 2 heterocycles. The number of primary sulfonamides is 1. The van der Waals surface area contributed by atoms with Crippen molar-refractivity contribution in [3.8, 4) is 22.5 Å². The number of hydrogen-bond donors (Lipinski definition) is 5. The Balaban J connectivity index is 2.40. The SMILES string of the molecule is CC(CN)NS(=O)(=O)c1ccc(-c2ccc(N)nc2)c(-c2nn[nH]n2)c1S(N)(=O)=O. The van der Waals surface area contributed by atoms with E-state index >= 15 is 0 Å². The zero-order valence-electron chi connectivity index (χ0n) is 15.6. The third-order valence-corrected chi connectivity index (χ3v) is 6.83. The summed E-state index contributed by atoms with van der Waals surface area (Å²) in [5, 5.41) is 18.7. The van der Waals surface area contributed by atoms with Gasteiger partial charge in [0.05, 0.1) is 5.56 Å². The molecule has 2 aromatic heterocycles. The molecule has 0 bridgehead atoms. The van der Waals surface area contributed by atoms with Crippen LogP contribution in [0.3, 0.4) is 0 Å². The summed E-state index contributed by atoms with van der Waals surface area (Å²) in [6, 6.07) is 4.95. The number of sulfonamides is 2. The van der Waals surface area contributed by atoms with Crippen molar-refractivity contribution in [3.63, 3.8) is 0 Å². The summed E-state index contributed by atoms with van der Waals surface area (Å²) in [4.78, 5) is 2.72. The molecular weight excluding hydrogens is 434 g/mol. The number of hydrogen-bond acceptors (Lipinski definition) is 10. The molecule has 1 atom stereocenters. The first-order valence-corrected chi connectivity index (χ1v) is 11.5. The van der Waals surface area contributed by atoms with Gasteiger partial charge in [-0.05, 0) is 35.9 Å². The van der Waals surface area contributed by atoms with Crippen LogP contribution in [0.1, 0.15) is 6.92 Å². The summed E-state index contributed by atoms with van der Waals surface area (Å²) >= 11 is 0. The van der Waals surface area contributed by atoms with Crippen LogP contribution in [0.25, 0.3) is 22.5 Å². The Labute approximate surface area is 172 Å². The van der Waals surface area contributed by atoms with Crippen molar-refractivity contribution < 1.29 is 16.8 Å². The summed E-state index contributed by atoms with van der Waals surface area (Å²) in [5.41, 5.74) is 11.6. The summed E-state index contributed by atoms with van der Waals surface area (Å²) in [5.74, 6) is 0.0699. The first-order valence-electron chi connectivity index (χ1n) is 8.42. The standard InChI is InChI=1S/C15H19N9O4S2/c1-8(6-16)22-30(27,28)11-4-3-10(9-2-5-12(17)19-7-9)13(14(11)29(18,25)26)15-20-23-24-21-15/h2-5,7-8,22H,6,16H2,1H3,(H2,17,19)(H2,18,25,26)(H,20,21,23,24). The molecule has 160 valence electrons. The van der Waals surface area contributed by atoms with E-state index in [1.807, 2.05) is 0 Å². The van der Waals surface area contributed by atoms with Gasteiger partial charge in [-0.2, -0.15) is 5.21 Å². The van der Waals surface area contributed by atoms with E-state index in [1.54, 1.807) is 6.07 Å². The van der Waals surface area contributed by atoms with E-state index in [0.717, 1.165) is 6.07 Å². The van der Waals surface area contributed by atoms with E-state index in [2.05, 4.69) is 30.3 Å². The van der Waals surface area contributed by atoms with E-state index in [9.17, 15) is 16.8 Å². The number of aromatic amines is 1. The molecule has 3 rings (SSSR count). The van der Waals surface area contributed by atoms with Crippen molar-refractivity contribution in [3.05, 3.63) is 30.5 Å². The molecule has 13 nitrogen and oxygen atoms in total. The molecular formula is C15H19N9O4S2. The van der Waals surface area contributed by atoms with E-state index in [-0.39, 0.29) is 29.3 Å². The Bertz CT molecular complexity index is 1260. The number of anilines is 1. The van der Waals surface area contributed by atoms with Crippen molar-refractivity contribution in [2.45, 2.75) is 22.8 Å². The number of pyridine rings is 1. The lowest BCUT2D eigenvalue weighted by atomic mass is 10.0. The van der Waals surface area contributed by atoms with Gasteiger partial charge in [0, 0.05) is 24.3 Å². The number of tetrazole rings is 1. The molecule has 0 fully saturated rings. The molecule has 1 unspecified atom stereocenters. The number of nitrogens with two attached hydrogens (primary N) is 3. The van der Waals surface area contributed by atoms with Gasteiger partial charge < -0.3 is 11.5 Å². The lowest BCUT2D eigenvalue weighted by Crippen LogP contribution is -2.38. The number of nitrogens with one attached hydrogen (secondary N) is 2. The highest BCUT2D eigenvalue weighted by molar-refractivity contribution is 7.92. The van der Waals surface area contributed by atoms with E-state index < -0.39 is 35.9 Å². The molecule has 0 aliphatic heterocycles. The summed E-state index contributed by atoms with van der Waals surface area (Å²) in [7, 11) is -8.89. The Hall–Kier alpha value is -2.98. The second-order valence-corrected chi connectivity index (χ2v) is 9.51. The highest BCUT2D eigenvalue weighted by Gasteiger charge is 2.32. The third-order valence-electron chi connectivity index (χ3n) is 4.07. The zero-order chi connectivity index (χ0) is 22.1. The van der Waals surface area contributed by atoms with Gasteiger partial charge >= 0.3 is 0 Å². The van der Waals surface area contributed by atoms with Gasteiger partial charge in [-0.15, -0.1) is 10.2 Å². The van der Waals surface area contributed by atoms with Crippen molar-refractivity contribution >= 4 is 25.9 Å². The summed E-state index contributed by atoms with van der Waals surface area (Å²) in [6.45, 7) is 1.53. The van der Waals surface area contributed by atoms with Crippen LogP contribution in [0, 0.1) is 0 Å². The molecule has 0 spiro atoms. The second kappa shape index (κ2) is 8.04. The molecule has 0 radical (unpaired) electrons. The van der Waals surface area contributed by atoms with Crippen LogP contribution in [-0.4, -0.2) is 55.0 Å². The number of benzene rings is 1. The average Bonchev–Trinajstić information content (AvgIpc) is 3.21. The number of aromatic nitrogens is 5. The quantitative estimate of drug-likeness (QED) is 0.286. The molecule has 30 heavy (non-hydrogen) atoms. The fourth-order valence-corrected chi connectivity index (χ4v) is 5.59. The van der Waals surface area contributed by atoms with Gasteiger partial charge in [-0.1, -0.05) is 6.07 Å². The van der Waals surface area contributed by atoms with Crippen molar-refractivity contribution in [2.75, 3.05) is 12.3 Å². The van der Waals surface area contributed by atoms with E-state index in [4.69, 9.17) is 16.6 Å². The largest absolute Gasteiger partial charge is 0.384 e. The third kappa shape index (κ3) is 4.29. The Morgan fingerprint density at radius 3 is 2.43 bits per heavy atom. The van der Waals surface area contributed by atoms with E-state index in [0.29, 0.717) is 5.56 Å². The first-order chi connectivity index (χ1) is 14.0. The predicted octanol–water partition coefficient (Wildman–Crippen LogP) is -1.22. The molecule has 0 saturated heterocycles. The number of nitrogens with zero attached hydrogens (tertiary/aromatic N) is 4. The fraction of sp³-hybridized carbons (Fsp3) is 0.200. The fourth-order valence-electron chi connectivity index (χ4n) is 2.73. The van der Waals surface area contributed by atoms with Gasteiger partial charge in [-0.25, -0.2) is 31.7 Å². The summed E-state index contributed by atoms with van der Waals surface area (Å²) in [6.07, 6.45) is 1.39. The van der Waals surface area contributed by atoms with Crippen molar-refractivity contribution in [1.29, 1.82) is 0 Å². The van der Waals surface area contributed by atoms with Crippen LogP contribution in [0.2, 0.25) is 0 Å². The van der Waals surface area contributed by atoms with Gasteiger partial charge in [0.25, 0.3) is 0 Å². The monoisotopic (exact) mass is 453 g/mol. The number of H-pyrrole nitrogens is 1. The minimum absolute atomic E-state index is 0.00315. The first kappa shape index (κ1) is 21.7. The van der Waals surface area contributed by atoms with Crippen LogP contribution in [0.4, 0.5) is 5.82 Å². The van der Waals surface area contributed by atoms with Gasteiger partial charge in [0.1, 0.15) is 15.6 Å². The molecule has 8 N–H and O–H groups in total. The summed E-state index contributed by atoms with van der Waals surface area (Å²) < 4.78 is 53.2. The van der Waals surface area contributed by atoms with Crippen LogP contribution in [0.15, 0.2) is 40.3 Å². The average molecular weight is 454 g/mol. The molecule has 0 aliphatic rings. The highest BCUT2D eigenvalue weighted by atomic mass is 32.2. The van der Waals surface area contributed by atoms with Crippen LogP contribution < -0.4 is 21.3 Å². The van der Waals surface area contributed by atoms with Gasteiger partial charge in [-0.3, -0.25) is 0 Å². The number of rotatable bonds is 7. The topological polar surface area (TPSA) is 226 Å². The normalized spacial score (nSPS) is 13.3. The molecule has 0 aliphatic carbocycles. The molecule has 1 aromatic carbocycles. The maximum Gasteiger partial charge on any atom is 0.242 e. The van der Waals surface area contributed by atoms with Crippen LogP contribution in [-0.2, 0) is 20.0 Å². The van der Waals surface area contributed by atoms with Crippen molar-refractivity contribution in [1.82, 2.24) is 30.3 Å². The van der Waals surface area contributed by atoms with E-state index in [1.165, 1.54) is 25.3 Å². The molecule has 3 aromatic rings. The minimum Gasteiger partial charge on any atom is -0.384 e. The predicted molar refractivity (Wildman–Crippen MR) is 107 cm³/mol. The van der Waals surface area contributed by atoms with Crippen LogP contribution >= 0.6 is 0 Å².